The summed E-state index contributed by atoms with van der Waals surface area (Å²) in [6, 6.07) is 0. The summed E-state index contributed by atoms with van der Waals surface area (Å²) in [4.78, 5) is 28.7. The maximum atomic E-state index is 5.59. The number of nitrogen functional groups attached to an aromatic ring is 4. The van der Waals surface area contributed by atoms with Gasteiger partial charge in [0.25, 0.3) is 0 Å². The summed E-state index contributed by atoms with van der Waals surface area (Å²) < 4.78 is 0. The zero-order chi connectivity index (χ0) is 18.5. The monoisotopic (exact) mass is 360 g/mol. The van der Waals surface area contributed by atoms with E-state index in [1.165, 1.54) is 0 Å². The van der Waals surface area contributed by atoms with Gasteiger partial charge in [0.1, 0.15) is 11.6 Å². The molecule has 0 unspecified atom stereocenters. The van der Waals surface area contributed by atoms with E-state index >= 15 is 0 Å². The lowest BCUT2D eigenvalue weighted by molar-refractivity contribution is 0.133. The zero-order valence-corrected chi connectivity index (χ0v) is 14.5. The van der Waals surface area contributed by atoms with Crippen LogP contribution in [0.2, 0.25) is 0 Å². The van der Waals surface area contributed by atoms with E-state index in [-0.39, 0.29) is 23.8 Å². The third-order valence-electron chi connectivity index (χ3n) is 4.20. The third kappa shape index (κ3) is 5.07. The van der Waals surface area contributed by atoms with Crippen LogP contribution in [0.25, 0.3) is 0 Å². The average molecular weight is 360 g/mol. The Morgan fingerprint density at radius 1 is 0.538 bits per heavy atom. The number of anilines is 4. The van der Waals surface area contributed by atoms with Crippen LogP contribution in [0.5, 0.6) is 0 Å². The summed E-state index contributed by atoms with van der Waals surface area (Å²) in [7, 11) is 0. The van der Waals surface area contributed by atoms with Gasteiger partial charge in [0.15, 0.2) is 0 Å². The predicted molar refractivity (Wildman–Crippen MR) is 97.6 cm³/mol. The van der Waals surface area contributed by atoms with Crippen molar-refractivity contribution in [3.05, 3.63) is 11.6 Å². The maximum absolute atomic E-state index is 5.59. The van der Waals surface area contributed by atoms with E-state index in [1.54, 1.807) is 0 Å². The molecule has 2 aromatic rings. The Balaban J connectivity index is 1.41. The summed E-state index contributed by atoms with van der Waals surface area (Å²) in [6.45, 7) is 5.60. The lowest BCUT2D eigenvalue weighted by Gasteiger charge is -2.34. The van der Waals surface area contributed by atoms with Crippen molar-refractivity contribution in [2.45, 2.75) is 12.8 Å². The minimum absolute atomic E-state index is 0.164. The van der Waals surface area contributed by atoms with Crippen molar-refractivity contribution in [1.82, 2.24) is 39.7 Å². The first kappa shape index (κ1) is 17.9. The van der Waals surface area contributed by atoms with E-state index in [1.807, 2.05) is 0 Å². The van der Waals surface area contributed by atoms with E-state index < -0.39 is 0 Å². The first-order chi connectivity index (χ1) is 12.5. The standard InChI is InChI=1S/C14H24N12/c15-11-19-9(20-12(16)23-11)1-3-25-5-7-26(8-6-25)4-2-10-21-13(17)24-14(18)22-10/h1-8H2,(H4,15,16,19,20,23)(H4,17,18,21,22,24). The molecule has 1 aliphatic heterocycles. The second-order valence-corrected chi connectivity index (χ2v) is 6.12. The predicted octanol–water partition coefficient (Wildman–Crippen LogP) is -2.21. The molecule has 0 atom stereocenters. The molecule has 12 heteroatoms. The summed E-state index contributed by atoms with van der Waals surface area (Å²) in [5, 5.41) is 0. The van der Waals surface area contributed by atoms with Crippen LogP contribution >= 0.6 is 0 Å². The number of rotatable bonds is 6. The van der Waals surface area contributed by atoms with Gasteiger partial charge in [-0.15, -0.1) is 0 Å². The van der Waals surface area contributed by atoms with Crippen molar-refractivity contribution < 1.29 is 0 Å². The van der Waals surface area contributed by atoms with Gasteiger partial charge in [-0.3, -0.25) is 0 Å². The zero-order valence-electron chi connectivity index (χ0n) is 14.5. The van der Waals surface area contributed by atoms with Crippen LogP contribution in [0.3, 0.4) is 0 Å². The van der Waals surface area contributed by atoms with Crippen LogP contribution < -0.4 is 22.9 Å². The first-order valence-corrected chi connectivity index (χ1v) is 8.44. The Morgan fingerprint density at radius 2 is 0.846 bits per heavy atom. The highest BCUT2D eigenvalue weighted by atomic mass is 15.3. The molecular formula is C14H24N12. The Hall–Kier alpha value is -2.86. The SMILES string of the molecule is Nc1nc(N)nc(CCN2CCN(CCc3nc(N)nc(N)n3)CC2)n1. The van der Waals surface area contributed by atoms with Gasteiger partial charge >= 0.3 is 0 Å². The molecule has 0 amide bonds. The summed E-state index contributed by atoms with van der Waals surface area (Å²) in [5.41, 5.74) is 22.4. The molecule has 0 spiro atoms. The molecule has 1 saturated heterocycles. The van der Waals surface area contributed by atoms with Crippen molar-refractivity contribution in [1.29, 1.82) is 0 Å². The smallest absolute Gasteiger partial charge is 0.225 e. The quantitative estimate of drug-likeness (QED) is 0.435. The average Bonchev–Trinajstić information content (AvgIpc) is 2.57. The van der Waals surface area contributed by atoms with Crippen molar-refractivity contribution in [3.8, 4) is 0 Å². The summed E-state index contributed by atoms with van der Waals surface area (Å²) >= 11 is 0. The van der Waals surface area contributed by atoms with Gasteiger partial charge in [0.2, 0.25) is 23.8 Å². The maximum Gasteiger partial charge on any atom is 0.225 e. The van der Waals surface area contributed by atoms with Crippen molar-refractivity contribution >= 4 is 23.8 Å². The molecule has 12 nitrogen and oxygen atoms in total. The molecule has 0 bridgehead atoms. The summed E-state index contributed by atoms with van der Waals surface area (Å²) in [5.74, 6) is 1.91. The van der Waals surface area contributed by atoms with Crippen molar-refractivity contribution in [3.63, 3.8) is 0 Å². The van der Waals surface area contributed by atoms with Gasteiger partial charge in [-0.1, -0.05) is 0 Å². The molecule has 0 aromatic carbocycles. The second kappa shape index (κ2) is 8.01. The van der Waals surface area contributed by atoms with Gasteiger partial charge in [-0.2, -0.15) is 29.9 Å². The number of aromatic nitrogens is 6. The molecule has 1 aliphatic rings. The van der Waals surface area contributed by atoms with Crippen LogP contribution in [-0.4, -0.2) is 79.0 Å². The van der Waals surface area contributed by atoms with Gasteiger partial charge < -0.3 is 32.7 Å². The molecular weight excluding hydrogens is 336 g/mol. The minimum atomic E-state index is 0.164. The molecule has 8 N–H and O–H groups in total. The fraction of sp³-hybridized carbons (Fsp3) is 0.571. The molecule has 0 radical (unpaired) electrons. The third-order valence-corrected chi connectivity index (χ3v) is 4.20. The first-order valence-electron chi connectivity index (χ1n) is 8.44. The molecule has 3 rings (SSSR count). The number of hydrogen-bond donors (Lipinski definition) is 4. The van der Waals surface area contributed by atoms with Gasteiger partial charge in [0, 0.05) is 52.1 Å². The van der Waals surface area contributed by atoms with Crippen LogP contribution in [0.4, 0.5) is 23.8 Å². The van der Waals surface area contributed by atoms with Gasteiger partial charge in [0.05, 0.1) is 0 Å². The number of nitrogens with two attached hydrogens (primary N) is 4. The van der Waals surface area contributed by atoms with E-state index in [2.05, 4.69) is 39.7 Å². The molecule has 0 saturated carbocycles. The lowest BCUT2D eigenvalue weighted by atomic mass is 10.2. The highest BCUT2D eigenvalue weighted by Gasteiger charge is 2.17. The van der Waals surface area contributed by atoms with Crippen LogP contribution in [0.15, 0.2) is 0 Å². The van der Waals surface area contributed by atoms with Gasteiger partial charge in [-0.05, 0) is 0 Å². The van der Waals surface area contributed by atoms with E-state index in [0.29, 0.717) is 24.5 Å². The Kier molecular flexibility index (Phi) is 5.53. The molecule has 2 aromatic heterocycles. The Labute approximate surface area is 151 Å². The Bertz CT molecular complexity index is 639. The fourth-order valence-electron chi connectivity index (χ4n) is 2.89. The number of hydrogen-bond acceptors (Lipinski definition) is 12. The molecule has 140 valence electrons. The van der Waals surface area contributed by atoms with E-state index in [9.17, 15) is 0 Å². The van der Waals surface area contributed by atoms with Crippen molar-refractivity contribution in [2.75, 3.05) is 62.2 Å². The molecule has 26 heavy (non-hydrogen) atoms. The van der Waals surface area contributed by atoms with E-state index in [4.69, 9.17) is 22.9 Å². The minimum Gasteiger partial charge on any atom is -0.368 e. The number of nitrogens with zero attached hydrogens (tertiary/aromatic N) is 8. The summed E-state index contributed by atoms with van der Waals surface area (Å²) in [6.07, 6.45) is 1.39. The second-order valence-electron chi connectivity index (χ2n) is 6.12. The number of piperazine rings is 1. The van der Waals surface area contributed by atoms with Crippen LogP contribution in [0, 0.1) is 0 Å². The van der Waals surface area contributed by atoms with Crippen molar-refractivity contribution in [2.24, 2.45) is 0 Å². The molecule has 0 aliphatic carbocycles. The van der Waals surface area contributed by atoms with E-state index in [0.717, 1.165) is 39.3 Å². The van der Waals surface area contributed by atoms with Crippen LogP contribution in [0.1, 0.15) is 11.6 Å². The molecule has 3 heterocycles. The largest absolute Gasteiger partial charge is 0.368 e. The highest BCUT2D eigenvalue weighted by Crippen LogP contribution is 2.06. The normalized spacial score (nSPS) is 16.0. The lowest BCUT2D eigenvalue weighted by Crippen LogP contribution is -2.47. The fourth-order valence-corrected chi connectivity index (χ4v) is 2.89. The molecule has 1 fully saturated rings. The highest BCUT2D eigenvalue weighted by molar-refractivity contribution is 5.26. The Morgan fingerprint density at radius 3 is 1.15 bits per heavy atom. The van der Waals surface area contributed by atoms with Gasteiger partial charge in [-0.25, -0.2) is 0 Å². The topological polar surface area (TPSA) is 188 Å². The van der Waals surface area contributed by atoms with Crippen LogP contribution in [-0.2, 0) is 12.8 Å².